The van der Waals surface area contributed by atoms with Gasteiger partial charge in [-0.3, -0.25) is 9.59 Å². The molecule has 0 saturated carbocycles. The van der Waals surface area contributed by atoms with E-state index in [9.17, 15) is 9.59 Å². The van der Waals surface area contributed by atoms with Crippen LogP contribution in [-0.2, 0) is 22.6 Å². The average molecular weight is 487 g/mol. The molecule has 188 valence electrons. The number of piperidine rings is 1. The highest BCUT2D eigenvalue weighted by Crippen LogP contribution is 2.28. The van der Waals surface area contributed by atoms with Gasteiger partial charge in [-0.05, 0) is 42.4 Å². The highest BCUT2D eigenvalue weighted by molar-refractivity contribution is 5.83. The van der Waals surface area contributed by atoms with Crippen LogP contribution in [0.25, 0.3) is 10.9 Å². The van der Waals surface area contributed by atoms with E-state index in [1.165, 1.54) is 10.9 Å². The fourth-order valence-corrected chi connectivity index (χ4v) is 5.29. The largest absolute Gasteiger partial charge is 0.489 e. The zero-order valence-corrected chi connectivity index (χ0v) is 20.5. The van der Waals surface area contributed by atoms with Crippen LogP contribution in [0.3, 0.4) is 0 Å². The summed E-state index contributed by atoms with van der Waals surface area (Å²) < 4.78 is 5.99. The van der Waals surface area contributed by atoms with Crippen LogP contribution in [0.4, 0.5) is 0 Å². The Kier molecular flexibility index (Phi) is 7.67. The van der Waals surface area contributed by atoms with Gasteiger partial charge >= 0.3 is 0 Å². The molecule has 2 amide bonds. The molecule has 2 bridgehead atoms. The Hall–Kier alpha value is -3.58. The molecule has 7 nitrogen and oxygen atoms in total. The van der Waals surface area contributed by atoms with E-state index in [0.717, 1.165) is 29.7 Å². The number of hydrogen-bond acceptors (Lipinski definition) is 4. The monoisotopic (exact) mass is 486 g/mol. The zero-order valence-electron chi connectivity index (χ0n) is 20.5. The van der Waals surface area contributed by atoms with Gasteiger partial charge in [-0.2, -0.15) is 0 Å². The molecule has 1 fully saturated rings. The maximum absolute atomic E-state index is 12.8. The third kappa shape index (κ3) is 5.79. The Labute approximate surface area is 211 Å². The average Bonchev–Trinajstić information content (AvgIpc) is 3.31. The Morgan fingerprint density at radius 2 is 1.97 bits per heavy atom. The first-order valence-corrected chi connectivity index (χ1v) is 12.8. The first-order valence-electron chi connectivity index (χ1n) is 12.8. The highest BCUT2D eigenvalue weighted by atomic mass is 16.5. The number of aromatic amines is 1. The number of benzene rings is 2. The van der Waals surface area contributed by atoms with E-state index >= 15 is 0 Å². The second kappa shape index (κ2) is 11.4. The number of rotatable bonds is 5. The second-order valence-electron chi connectivity index (χ2n) is 9.67. The molecule has 0 unspecified atom stereocenters. The van der Waals surface area contributed by atoms with Gasteiger partial charge in [-0.1, -0.05) is 48.6 Å². The van der Waals surface area contributed by atoms with Gasteiger partial charge in [0, 0.05) is 55.3 Å². The van der Waals surface area contributed by atoms with Crippen LogP contribution in [0.15, 0.2) is 66.9 Å². The number of nitrogens with one attached hydrogen (secondary N) is 3. The van der Waals surface area contributed by atoms with Gasteiger partial charge in [-0.15, -0.1) is 0 Å². The predicted octanol–water partition coefficient (Wildman–Crippen LogP) is 3.42. The summed E-state index contributed by atoms with van der Waals surface area (Å²) in [5, 5.41) is 7.58. The van der Waals surface area contributed by atoms with Crippen molar-refractivity contribution in [2.75, 3.05) is 32.8 Å². The molecule has 0 aliphatic carbocycles. The zero-order chi connectivity index (χ0) is 24.7. The maximum Gasteiger partial charge on any atom is 0.236 e. The fraction of sp³-hybridized carbons (Fsp3) is 0.379. The Balaban J connectivity index is 1.19. The summed E-state index contributed by atoms with van der Waals surface area (Å²) in [6.45, 7) is 3.28. The molecule has 1 saturated heterocycles. The molecule has 5 rings (SSSR count). The van der Waals surface area contributed by atoms with Crippen molar-refractivity contribution in [3.63, 3.8) is 0 Å². The minimum absolute atomic E-state index is 0.0720. The first-order chi connectivity index (χ1) is 17.7. The summed E-state index contributed by atoms with van der Waals surface area (Å²) in [6.07, 6.45) is 8.26. The van der Waals surface area contributed by atoms with Crippen molar-refractivity contribution in [3.05, 3.63) is 78.0 Å². The topological polar surface area (TPSA) is 86.5 Å². The normalized spacial score (nSPS) is 21.4. The molecule has 1 aromatic heterocycles. The minimum Gasteiger partial charge on any atom is -0.489 e. The van der Waals surface area contributed by atoms with E-state index in [-0.39, 0.29) is 23.7 Å². The summed E-state index contributed by atoms with van der Waals surface area (Å²) in [5.41, 5.74) is 3.37. The number of hydrogen-bond donors (Lipinski definition) is 3. The predicted molar refractivity (Wildman–Crippen MR) is 141 cm³/mol. The molecule has 2 atom stereocenters. The van der Waals surface area contributed by atoms with Crippen molar-refractivity contribution in [2.45, 2.75) is 25.8 Å². The number of carbonyl (C=O) groups excluding carboxylic acids is 2. The number of carbonyl (C=O) groups is 2. The molecular weight excluding hydrogens is 452 g/mol. The Bertz CT molecular complexity index is 1230. The minimum atomic E-state index is 0.0720. The standard InChI is InChI=1S/C29H34N4O3/c34-28(31-13-11-22-18-32-26-9-3-2-8-25(22)26)16-21-12-14-33-20-24(21)7-5-15-36-27-10-4-1-6-23(27)17-30-19-29(33)35/h1-10,18,21,24,30,32H,11-17,19-20H2,(H,31,34)/b7-5+/t21-,24-/m0/s1. The van der Waals surface area contributed by atoms with Crippen molar-refractivity contribution >= 4 is 22.7 Å². The molecule has 3 heterocycles. The van der Waals surface area contributed by atoms with E-state index in [0.29, 0.717) is 45.8 Å². The van der Waals surface area contributed by atoms with Crippen LogP contribution in [-0.4, -0.2) is 54.5 Å². The summed E-state index contributed by atoms with van der Waals surface area (Å²) in [4.78, 5) is 30.9. The van der Waals surface area contributed by atoms with Gasteiger partial charge < -0.3 is 25.3 Å². The lowest BCUT2D eigenvalue weighted by Gasteiger charge is -2.37. The third-order valence-corrected chi connectivity index (χ3v) is 7.28. The van der Waals surface area contributed by atoms with Crippen molar-refractivity contribution in [1.82, 2.24) is 20.5 Å². The summed E-state index contributed by atoms with van der Waals surface area (Å²) in [5.74, 6) is 1.33. The van der Waals surface area contributed by atoms with Crippen molar-refractivity contribution in [3.8, 4) is 5.75 Å². The van der Waals surface area contributed by atoms with Gasteiger partial charge in [0.05, 0.1) is 6.54 Å². The summed E-state index contributed by atoms with van der Waals surface area (Å²) in [7, 11) is 0. The molecule has 2 aliphatic rings. The molecule has 3 N–H and O–H groups in total. The molecular formula is C29H34N4O3. The molecule has 36 heavy (non-hydrogen) atoms. The number of fused-ring (bicyclic) bond motifs is 4. The number of nitrogens with zero attached hydrogens (tertiary/aromatic N) is 1. The lowest BCUT2D eigenvalue weighted by atomic mass is 9.82. The molecule has 0 radical (unpaired) electrons. The number of amides is 2. The molecule has 2 aliphatic heterocycles. The van der Waals surface area contributed by atoms with E-state index < -0.39 is 0 Å². The number of para-hydroxylation sites is 2. The van der Waals surface area contributed by atoms with Gasteiger partial charge in [0.25, 0.3) is 0 Å². The fourth-order valence-electron chi connectivity index (χ4n) is 5.29. The lowest BCUT2D eigenvalue weighted by molar-refractivity contribution is -0.132. The van der Waals surface area contributed by atoms with Gasteiger partial charge in [0.15, 0.2) is 0 Å². The lowest BCUT2D eigenvalue weighted by Crippen LogP contribution is -2.47. The van der Waals surface area contributed by atoms with Crippen LogP contribution < -0.4 is 15.4 Å². The maximum atomic E-state index is 12.8. The number of H-pyrrole nitrogens is 1. The van der Waals surface area contributed by atoms with Crippen molar-refractivity contribution in [2.24, 2.45) is 11.8 Å². The van der Waals surface area contributed by atoms with E-state index in [1.807, 2.05) is 53.6 Å². The molecule has 3 aromatic rings. The number of ether oxygens (including phenoxy) is 1. The van der Waals surface area contributed by atoms with Gasteiger partial charge in [-0.25, -0.2) is 0 Å². The van der Waals surface area contributed by atoms with Crippen molar-refractivity contribution < 1.29 is 14.3 Å². The quantitative estimate of drug-likeness (QED) is 0.483. The Morgan fingerprint density at radius 3 is 2.92 bits per heavy atom. The Morgan fingerprint density at radius 1 is 1.11 bits per heavy atom. The van der Waals surface area contributed by atoms with E-state index in [2.05, 4.69) is 33.8 Å². The highest BCUT2D eigenvalue weighted by Gasteiger charge is 2.31. The first kappa shape index (κ1) is 24.1. The molecule has 7 heteroatoms. The van der Waals surface area contributed by atoms with Crippen LogP contribution in [0.1, 0.15) is 24.0 Å². The molecule has 0 spiro atoms. The van der Waals surface area contributed by atoms with Crippen LogP contribution in [0, 0.1) is 11.8 Å². The second-order valence-corrected chi connectivity index (χ2v) is 9.67. The van der Waals surface area contributed by atoms with E-state index in [1.54, 1.807) is 0 Å². The van der Waals surface area contributed by atoms with Crippen molar-refractivity contribution in [1.29, 1.82) is 0 Å². The van der Waals surface area contributed by atoms with E-state index in [4.69, 9.17) is 4.74 Å². The SMILES string of the molecule is O=C(C[C@@H]1CCN2C[C@@H]1/C=C/COc1ccccc1CNCC2=O)NCCc1c[nH]c2ccccc12. The van der Waals surface area contributed by atoms with Crippen LogP contribution in [0.2, 0.25) is 0 Å². The smallest absolute Gasteiger partial charge is 0.236 e. The van der Waals surface area contributed by atoms with Gasteiger partial charge in [0.2, 0.25) is 11.8 Å². The molecule has 2 aromatic carbocycles. The number of aromatic nitrogens is 1. The third-order valence-electron chi connectivity index (χ3n) is 7.28. The van der Waals surface area contributed by atoms with Crippen LogP contribution in [0.5, 0.6) is 5.75 Å². The summed E-state index contributed by atoms with van der Waals surface area (Å²) in [6, 6.07) is 16.1. The summed E-state index contributed by atoms with van der Waals surface area (Å²) >= 11 is 0. The van der Waals surface area contributed by atoms with Gasteiger partial charge in [0.1, 0.15) is 12.4 Å². The van der Waals surface area contributed by atoms with Crippen LogP contribution >= 0.6 is 0 Å².